The van der Waals surface area contributed by atoms with Crippen LogP contribution >= 0.6 is 40.3 Å². The van der Waals surface area contributed by atoms with E-state index in [2.05, 4.69) is 0 Å². The van der Waals surface area contributed by atoms with Crippen LogP contribution in [-0.4, -0.2) is 16.9 Å². The molecular weight excluding hydrogens is 177 g/mol. The molecule has 0 aromatic carbocycles. The van der Waals surface area contributed by atoms with Crippen LogP contribution in [0.15, 0.2) is 0 Å². The Hall–Kier alpha value is 1.26. The molecule has 0 amide bonds. The summed E-state index contributed by atoms with van der Waals surface area (Å²) in [5, 5.41) is 0. The Morgan fingerprint density at radius 3 is 1.86 bits per heavy atom. The zero-order valence-electron chi connectivity index (χ0n) is 3.44. The predicted octanol–water partition coefficient (Wildman–Crippen LogP) is 2.46. The first-order valence-corrected chi connectivity index (χ1v) is 5.89. The lowest BCUT2D eigenvalue weighted by Crippen LogP contribution is -1.82. The maximum Gasteiger partial charge on any atom is 0.337 e. The van der Waals surface area contributed by atoms with E-state index in [0.717, 1.165) is 0 Å². The molecule has 0 atom stereocenters. The van der Waals surface area contributed by atoms with E-state index in [0.29, 0.717) is 12.0 Å². The lowest BCUT2D eigenvalue weighted by molar-refractivity contribution is 0.635. The van der Waals surface area contributed by atoms with Crippen molar-refractivity contribution < 1.29 is 4.89 Å². The van der Waals surface area contributed by atoms with Crippen LogP contribution in [0, 0.1) is 0 Å². The van der Waals surface area contributed by atoms with Gasteiger partial charge in [0.15, 0.2) is 0 Å². The van der Waals surface area contributed by atoms with Crippen molar-refractivity contribution in [2.75, 3.05) is 12.0 Å². The van der Waals surface area contributed by atoms with Gasteiger partial charge in [-0.25, -0.2) is 4.89 Å². The Balaban J connectivity index is 3.15. The van der Waals surface area contributed by atoms with Gasteiger partial charge in [-0.05, 0) is 0 Å². The number of rotatable bonds is 2. The summed E-state index contributed by atoms with van der Waals surface area (Å²) in [5.74, 6) is 0.317. The molecule has 0 aromatic rings. The summed E-state index contributed by atoms with van der Waals surface area (Å²) in [6.45, 7) is 0. The molecule has 5 heteroatoms. The number of halogens is 3. The minimum atomic E-state index is -2.60. The van der Waals surface area contributed by atoms with Crippen LogP contribution in [0.4, 0.5) is 0 Å². The molecule has 44 valence electrons. The van der Waals surface area contributed by atoms with Crippen LogP contribution in [0.25, 0.3) is 0 Å². The zero-order chi connectivity index (χ0) is 5.91. The number of hydrogen-bond donors (Lipinski definition) is 1. The lowest BCUT2D eigenvalue weighted by Gasteiger charge is -1.93. The van der Waals surface area contributed by atoms with Crippen molar-refractivity contribution in [1.82, 2.24) is 0 Å². The molecule has 0 heterocycles. The highest BCUT2D eigenvalue weighted by Crippen LogP contribution is 2.64. The maximum absolute atomic E-state index is 8.58. The van der Waals surface area contributed by atoms with Gasteiger partial charge >= 0.3 is 6.19 Å². The van der Waals surface area contributed by atoms with Crippen LogP contribution in [0.2, 0.25) is 0 Å². The van der Waals surface area contributed by atoms with Crippen LogP contribution in [0.3, 0.4) is 0 Å². The summed E-state index contributed by atoms with van der Waals surface area (Å²) in [5.41, 5.74) is 0. The van der Waals surface area contributed by atoms with Gasteiger partial charge in [0.2, 0.25) is 0 Å². The molecular formula is C2H5Cl3OP+. The summed E-state index contributed by atoms with van der Waals surface area (Å²) < 4.78 is 0. The first kappa shape index (κ1) is 8.26. The Morgan fingerprint density at radius 1 is 1.43 bits per heavy atom. The van der Waals surface area contributed by atoms with Gasteiger partial charge in [-0.1, -0.05) is 0 Å². The topological polar surface area (TPSA) is 20.2 Å². The van der Waals surface area contributed by atoms with Gasteiger partial charge in [0.1, 0.15) is 28.6 Å². The fourth-order valence-corrected chi connectivity index (χ4v) is 2.07. The molecule has 0 aliphatic heterocycles. The van der Waals surface area contributed by atoms with Gasteiger partial charge in [0.05, 0.1) is 5.88 Å². The summed E-state index contributed by atoms with van der Waals surface area (Å²) in [6, 6.07) is 0. The SMILES string of the molecule is O[P+](Cl)(Cl)CCCl. The molecule has 0 saturated carbocycles. The summed E-state index contributed by atoms with van der Waals surface area (Å²) >= 11 is 15.5. The van der Waals surface area contributed by atoms with E-state index < -0.39 is 6.19 Å². The van der Waals surface area contributed by atoms with Gasteiger partial charge in [0, 0.05) is 0 Å². The molecule has 1 N–H and O–H groups in total. The molecule has 0 unspecified atom stereocenters. The molecule has 0 bridgehead atoms. The first-order valence-electron chi connectivity index (χ1n) is 1.62. The van der Waals surface area contributed by atoms with E-state index in [1.807, 2.05) is 0 Å². The van der Waals surface area contributed by atoms with Crippen LogP contribution in [0.5, 0.6) is 0 Å². The predicted molar refractivity (Wildman–Crippen MR) is 36.4 cm³/mol. The third kappa shape index (κ3) is 7.26. The molecule has 0 aliphatic carbocycles. The average Bonchev–Trinajstić information content (AvgIpc) is 1.30. The molecule has 0 rings (SSSR count). The number of alkyl halides is 1. The van der Waals surface area contributed by atoms with E-state index in [1.165, 1.54) is 0 Å². The second kappa shape index (κ2) is 3.32. The highest BCUT2D eigenvalue weighted by Gasteiger charge is 2.29. The minimum Gasteiger partial charge on any atom is -0.215 e. The van der Waals surface area contributed by atoms with Crippen LogP contribution in [0.1, 0.15) is 0 Å². The Kier molecular flexibility index (Phi) is 3.92. The van der Waals surface area contributed by atoms with Gasteiger partial charge in [-0.3, -0.25) is 0 Å². The van der Waals surface area contributed by atoms with Crippen LogP contribution < -0.4 is 0 Å². The molecule has 0 radical (unpaired) electrons. The molecule has 0 aromatic heterocycles. The first-order chi connectivity index (χ1) is 3.06. The second-order valence-electron chi connectivity index (χ2n) is 1.01. The van der Waals surface area contributed by atoms with Gasteiger partial charge < -0.3 is 0 Å². The second-order valence-corrected chi connectivity index (χ2v) is 6.90. The largest absolute Gasteiger partial charge is 0.337 e. The Bertz CT molecular complexity index is 51.4. The minimum absolute atomic E-state index is 0.303. The Labute approximate surface area is 57.6 Å². The van der Waals surface area contributed by atoms with Crippen molar-refractivity contribution in [3.63, 3.8) is 0 Å². The van der Waals surface area contributed by atoms with E-state index in [1.54, 1.807) is 0 Å². The van der Waals surface area contributed by atoms with Gasteiger partial charge in [-0.15, -0.1) is 11.6 Å². The summed E-state index contributed by atoms with van der Waals surface area (Å²) in [7, 11) is 0. The molecule has 0 spiro atoms. The van der Waals surface area contributed by atoms with Crippen LogP contribution in [-0.2, 0) is 0 Å². The van der Waals surface area contributed by atoms with E-state index in [-0.39, 0.29) is 0 Å². The Morgan fingerprint density at radius 2 is 1.86 bits per heavy atom. The third-order valence-corrected chi connectivity index (χ3v) is 2.58. The smallest absolute Gasteiger partial charge is 0.215 e. The van der Waals surface area contributed by atoms with Crippen molar-refractivity contribution in [3.05, 3.63) is 0 Å². The lowest BCUT2D eigenvalue weighted by atomic mass is 11.0. The quantitative estimate of drug-likeness (QED) is 0.514. The molecule has 0 aliphatic rings. The highest BCUT2D eigenvalue weighted by atomic mass is 35.9. The third-order valence-electron chi connectivity index (χ3n) is 0.354. The average molecular weight is 182 g/mol. The summed E-state index contributed by atoms with van der Waals surface area (Å²) in [4.78, 5) is 8.58. The maximum atomic E-state index is 8.58. The van der Waals surface area contributed by atoms with Crippen molar-refractivity contribution in [2.45, 2.75) is 0 Å². The number of hydrogen-bond acceptors (Lipinski definition) is 1. The van der Waals surface area contributed by atoms with Crippen molar-refractivity contribution in [1.29, 1.82) is 0 Å². The zero-order valence-corrected chi connectivity index (χ0v) is 6.60. The van der Waals surface area contributed by atoms with Crippen molar-refractivity contribution in [2.24, 2.45) is 0 Å². The fraction of sp³-hybridized carbons (Fsp3) is 1.00. The molecule has 7 heavy (non-hydrogen) atoms. The van der Waals surface area contributed by atoms with E-state index in [4.69, 9.17) is 39.0 Å². The normalized spacial score (nSPS) is 12.0. The van der Waals surface area contributed by atoms with E-state index in [9.17, 15) is 0 Å². The van der Waals surface area contributed by atoms with Gasteiger partial charge in [0.25, 0.3) is 0 Å². The van der Waals surface area contributed by atoms with Crippen molar-refractivity contribution in [3.8, 4) is 0 Å². The standard InChI is InChI=1S/C2H5Cl3OP/c3-1-2-7(4,5)6/h6H,1-2H2/q+1. The molecule has 1 nitrogen and oxygen atoms in total. The van der Waals surface area contributed by atoms with E-state index >= 15 is 0 Å². The monoisotopic (exact) mass is 181 g/mol. The summed E-state index contributed by atoms with van der Waals surface area (Å²) in [6.07, 6.45) is -2.30. The van der Waals surface area contributed by atoms with Gasteiger partial charge in [-0.2, -0.15) is 0 Å². The molecule has 0 saturated heterocycles. The fourth-order valence-electron chi connectivity index (χ4n) is 0.102. The molecule has 0 fully saturated rings. The highest BCUT2D eigenvalue weighted by molar-refractivity contribution is 8.13. The van der Waals surface area contributed by atoms with Crippen molar-refractivity contribution >= 4 is 40.3 Å².